The number of nitrogens with two attached hydrogens (primary N) is 1. The van der Waals surface area contributed by atoms with Gasteiger partial charge in [0.15, 0.2) is 0 Å². The van der Waals surface area contributed by atoms with Gasteiger partial charge >= 0.3 is 0 Å². The first-order valence-electron chi connectivity index (χ1n) is 7.05. The molecule has 1 atom stereocenters. The Hall–Kier alpha value is -0.690. The molecule has 0 heterocycles. The van der Waals surface area contributed by atoms with E-state index in [0.717, 1.165) is 31.7 Å². The van der Waals surface area contributed by atoms with Gasteiger partial charge in [0.05, 0.1) is 0 Å². The lowest BCUT2D eigenvalue weighted by molar-refractivity contribution is 0.422. The standard InChI is InChI=1S/C14H20ClFN2O2S/c1-9(10-4-2-3-5-10)18-21(19,20)13-7-12(15)6-11(8-17)14(13)16/h6-7,9-10,18H,2-5,8,17H2,1H3. The van der Waals surface area contributed by atoms with Crippen LogP contribution in [0.4, 0.5) is 4.39 Å². The zero-order chi connectivity index (χ0) is 15.6. The van der Waals surface area contributed by atoms with Gasteiger partial charge in [-0.1, -0.05) is 24.4 Å². The van der Waals surface area contributed by atoms with Crippen molar-refractivity contribution in [2.75, 3.05) is 0 Å². The monoisotopic (exact) mass is 334 g/mol. The molecule has 3 N–H and O–H groups in total. The van der Waals surface area contributed by atoms with E-state index < -0.39 is 20.7 Å². The van der Waals surface area contributed by atoms with Crippen molar-refractivity contribution in [1.82, 2.24) is 4.72 Å². The lowest BCUT2D eigenvalue weighted by Crippen LogP contribution is -2.37. The van der Waals surface area contributed by atoms with Gasteiger partial charge in [0.25, 0.3) is 0 Å². The summed E-state index contributed by atoms with van der Waals surface area (Å²) in [7, 11) is -3.95. The number of sulfonamides is 1. The van der Waals surface area contributed by atoms with Gasteiger partial charge in [-0.15, -0.1) is 0 Å². The van der Waals surface area contributed by atoms with Crippen LogP contribution >= 0.6 is 11.6 Å². The van der Waals surface area contributed by atoms with E-state index in [1.54, 1.807) is 0 Å². The minimum absolute atomic E-state index is 0.0939. The highest BCUT2D eigenvalue weighted by Crippen LogP contribution is 2.29. The highest BCUT2D eigenvalue weighted by molar-refractivity contribution is 7.89. The minimum atomic E-state index is -3.95. The molecule has 1 aromatic rings. The normalized spacial score (nSPS) is 18.1. The maximum Gasteiger partial charge on any atom is 0.243 e. The van der Waals surface area contributed by atoms with Crippen LogP contribution in [0.25, 0.3) is 0 Å². The van der Waals surface area contributed by atoms with E-state index in [4.69, 9.17) is 17.3 Å². The SMILES string of the molecule is CC(NS(=O)(=O)c1cc(Cl)cc(CN)c1F)C1CCCC1. The highest BCUT2D eigenvalue weighted by Gasteiger charge is 2.28. The Labute approximate surface area is 129 Å². The van der Waals surface area contributed by atoms with Crippen molar-refractivity contribution >= 4 is 21.6 Å². The molecule has 4 nitrogen and oxygen atoms in total. The zero-order valence-corrected chi connectivity index (χ0v) is 13.5. The number of rotatable bonds is 5. The van der Waals surface area contributed by atoms with Crippen LogP contribution in [0.5, 0.6) is 0 Å². The molecular weight excluding hydrogens is 315 g/mol. The number of nitrogens with one attached hydrogen (secondary N) is 1. The first-order valence-corrected chi connectivity index (χ1v) is 8.91. The molecule has 0 bridgehead atoms. The fourth-order valence-electron chi connectivity index (χ4n) is 2.82. The second-order valence-electron chi connectivity index (χ2n) is 5.54. The van der Waals surface area contributed by atoms with Gasteiger partial charge < -0.3 is 5.73 Å². The largest absolute Gasteiger partial charge is 0.326 e. The van der Waals surface area contributed by atoms with E-state index >= 15 is 0 Å². The summed E-state index contributed by atoms with van der Waals surface area (Å²) in [5, 5.41) is 0.158. The van der Waals surface area contributed by atoms with Crippen LogP contribution in [-0.2, 0) is 16.6 Å². The van der Waals surface area contributed by atoms with Crippen LogP contribution in [0.3, 0.4) is 0 Å². The van der Waals surface area contributed by atoms with Gasteiger partial charge in [-0.2, -0.15) is 0 Å². The molecule has 0 spiro atoms. The molecule has 7 heteroatoms. The molecule has 0 radical (unpaired) electrons. The summed E-state index contributed by atoms with van der Waals surface area (Å²) in [6.07, 6.45) is 4.21. The number of hydrogen-bond donors (Lipinski definition) is 2. The molecular formula is C14H20ClFN2O2S. The van der Waals surface area contributed by atoms with Gasteiger partial charge in [0, 0.05) is 23.2 Å². The maximum absolute atomic E-state index is 14.2. The Morgan fingerprint density at radius 1 is 1.43 bits per heavy atom. The molecule has 2 rings (SSSR count). The number of hydrogen-bond acceptors (Lipinski definition) is 3. The Balaban J connectivity index is 2.28. The van der Waals surface area contributed by atoms with Crippen LogP contribution in [0.15, 0.2) is 17.0 Å². The molecule has 1 aliphatic carbocycles. The van der Waals surface area contributed by atoms with Crippen molar-refractivity contribution in [3.8, 4) is 0 Å². The van der Waals surface area contributed by atoms with Crippen LogP contribution in [0.1, 0.15) is 38.2 Å². The van der Waals surface area contributed by atoms with Crippen LogP contribution in [-0.4, -0.2) is 14.5 Å². The topological polar surface area (TPSA) is 72.2 Å². The van der Waals surface area contributed by atoms with E-state index in [0.29, 0.717) is 5.92 Å². The predicted octanol–water partition coefficient (Wildman–Crippen LogP) is 2.79. The molecule has 1 aliphatic rings. The third-order valence-electron chi connectivity index (χ3n) is 4.04. The van der Waals surface area contributed by atoms with Gasteiger partial charge in [-0.3, -0.25) is 0 Å². The van der Waals surface area contributed by atoms with Gasteiger partial charge in [0.2, 0.25) is 10.0 Å². The third kappa shape index (κ3) is 3.74. The molecule has 1 fully saturated rings. The summed E-state index contributed by atoms with van der Waals surface area (Å²) in [4.78, 5) is -0.430. The highest BCUT2D eigenvalue weighted by atomic mass is 35.5. The van der Waals surface area contributed by atoms with Gasteiger partial charge in [-0.05, 0) is 37.8 Å². The number of benzene rings is 1. The van der Waals surface area contributed by atoms with E-state index in [2.05, 4.69) is 4.72 Å². The summed E-state index contributed by atoms with van der Waals surface area (Å²) in [6.45, 7) is 1.72. The second-order valence-corrected chi connectivity index (χ2v) is 7.65. The molecule has 0 aliphatic heterocycles. The summed E-state index contributed by atoms with van der Waals surface area (Å²) in [5.74, 6) is -0.524. The minimum Gasteiger partial charge on any atom is -0.326 e. The van der Waals surface area contributed by atoms with E-state index in [1.807, 2.05) is 6.92 Å². The van der Waals surface area contributed by atoms with Gasteiger partial charge in [0.1, 0.15) is 10.7 Å². The number of halogens is 2. The summed E-state index contributed by atoms with van der Waals surface area (Å²) >= 11 is 5.86. The maximum atomic E-state index is 14.2. The smallest absolute Gasteiger partial charge is 0.243 e. The summed E-state index contributed by atoms with van der Waals surface area (Å²) in [5.41, 5.74) is 5.51. The fourth-order valence-corrected chi connectivity index (χ4v) is 4.59. The molecule has 118 valence electrons. The summed E-state index contributed by atoms with van der Waals surface area (Å²) in [6, 6.07) is 2.24. The Bertz CT molecular complexity index is 616. The van der Waals surface area contributed by atoms with E-state index in [1.165, 1.54) is 6.07 Å². The third-order valence-corrected chi connectivity index (χ3v) is 5.81. The van der Waals surface area contributed by atoms with Crippen molar-refractivity contribution in [3.63, 3.8) is 0 Å². The molecule has 0 amide bonds. The lowest BCUT2D eigenvalue weighted by atomic mass is 10.0. The fraction of sp³-hybridized carbons (Fsp3) is 0.571. The average molecular weight is 335 g/mol. The average Bonchev–Trinajstić information content (AvgIpc) is 2.94. The van der Waals surface area contributed by atoms with Crippen molar-refractivity contribution in [3.05, 3.63) is 28.5 Å². The van der Waals surface area contributed by atoms with Crippen LogP contribution in [0.2, 0.25) is 5.02 Å². The van der Waals surface area contributed by atoms with Gasteiger partial charge in [-0.25, -0.2) is 17.5 Å². The Morgan fingerprint density at radius 3 is 2.62 bits per heavy atom. The van der Waals surface area contributed by atoms with Crippen LogP contribution < -0.4 is 10.5 Å². The molecule has 1 saturated carbocycles. The molecule has 21 heavy (non-hydrogen) atoms. The van der Waals surface area contributed by atoms with E-state index in [9.17, 15) is 12.8 Å². The molecule has 1 unspecified atom stereocenters. The van der Waals surface area contributed by atoms with Crippen molar-refractivity contribution in [1.29, 1.82) is 0 Å². The van der Waals surface area contributed by atoms with Crippen molar-refractivity contribution in [2.24, 2.45) is 11.7 Å². The second kappa shape index (κ2) is 6.60. The predicted molar refractivity (Wildman–Crippen MR) is 81.0 cm³/mol. The van der Waals surface area contributed by atoms with E-state index in [-0.39, 0.29) is 23.2 Å². The van der Waals surface area contributed by atoms with Crippen molar-refractivity contribution < 1.29 is 12.8 Å². The molecule has 0 aromatic heterocycles. The summed E-state index contributed by atoms with van der Waals surface area (Å²) < 4.78 is 41.6. The first-order chi connectivity index (χ1) is 9.85. The zero-order valence-electron chi connectivity index (χ0n) is 11.9. The Kier molecular flexibility index (Phi) is 5.24. The molecule has 1 aromatic carbocycles. The lowest BCUT2D eigenvalue weighted by Gasteiger charge is -2.21. The first kappa shape index (κ1) is 16.7. The van der Waals surface area contributed by atoms with Crippen molar-refractivity contribution in [2.45, 2.75) is 50.1 Å². The molecule has 0 saturated heterocycles. The quantitative estimate of drug-likeness (QED) is 0.869. The Morgan fingerprint density at radius 2 is 2.05 bits per heavy atom. The van der Waals surface area contributed by atoms with Crippen LogP contribution in [0, 0.1) is 11.7 Å².